The molecule has 0 aliphatic rings. The van der Waals surface area contributed by atoms with Crippen LogP contribution in [0, 0.1) is 0 Å². The maximum atomic E-state index is 13.2. The molecule has 0 radical (unpaired) electrons. The molecule has 0 saturated heterocycles. The molecule has 0 spiro atoms. The number of hydrogen-bond acceptors (Lipinski definition) is 3. The van der Waals surface area contributed by atoms with Gasteiger partial charge < -0.3 is 15.5 Å². The van der Waals surface area contributed by atoms with Crippen molar-refractivity contribution in [3.05, 3.63) is 108 Å². The molecule has 1 atom stereocenters. The first-order valence-corrected chi connectivity index (χ1v) is 10.3. The van der Waals surface area contributed by atoms with Crippen LogP contribution < -0.4 is 5.32 Å². The molecule has 6 heteroatoms. The van der Waals surface area contributed by atoms with Gasteiger partial charge in [0.15, 0.2) is 0 Å². The van der Waals surface area contributed by atoms with Gasteiger partial charge in [0.2, 0.25) is 5.91 Å². The predicted molar refractivity (Wildman–Crippen MR) is 120 cm³/mol. The fourth-order valence-corrected chi connectivity index (χ4v) is 3.99. The summed E-state index contributed by atoms with van der Waals surface area (Å²) < 4.78 is 0. The van der Waals surface area contributed by atoms with E-state index in [2.05, 4.69) is 5.32 Å². The van der Waals surface area contributed by atoms with Gasteiger partial charge >= 0.3 is 11.9 Å². The Balaban J connectivity index is 2.06. The van der Waals surface area contributed by atoms with E-state index in [1.54, 1.807) is 0 Å². The number of carbonyl (C=O) groups is 3. The lowest BCUT2D eigenvalue weighted by Gasteiger charge is -2.36. The van der Waals surface area contributed by atoms with E-state index in [4.69, 9.17) is 5.11 Å². The van der Waals surface area contributed by atoms with Crippen molar-refractivity contribution >= 4 is 17.8 Å². The van der Waals surface area contributed by atoms with Gasteiger partial charge in [-0.15, -0.1) is 0 Å². The highest BCUT2D eigenvalue weighted by atomic mass is 16.4. The quantitative estimate of drug-likeness (QED) is 0.423. The summed E-state index contributed by atoms with van der Waals surface area (Å²) in [7, 11) is 0. The van der Waals surface area contributed by atoms with Crippen LogP contribution in [-0.4, -0.2) is 34.1 Å². The van der Waals surface area contributed by atoms with Crippen molar-refractivity contribution in [2.24, 2.45) is 0 Å². The predicted octanol–water partition coefficient (Wildman–Crippen LogP) is 3.85. The topological polar surface area (TPSA) is 104 Å². The van der Waals surface area contributed by atoms with E-state index >= 15 is 0 Å². The van der Waals surface area contributed by atoms with E-state index in [9.17, 15) is 19.5 Å². The van der Waals surface area contributed by atoms with Gasteiger partial charge in [0.05, 0.1) is 5.41 Å². The largest absolute Gasteiger partial charge is 0.481 e. The molecule has 0 aliphatic carbocycles. The third-order valence-corrected chi connectivity index (χ3v) is 5.51. The zero-order chi connectivity index (χ0) is 23.0. The van der Waals surface area contributed by atoms with Gasteiger partial charge in [0.25, 0.3) is 0 Å². The average Bonchev–Trinajstić information content (AvgIpc) is 2.81. The molecule has 6 nitrogen and oxygen atoms in total. The Morgan fingerprint density at radius 2 is 1.12 bits per heavy atom. The lowest BCUT2D eigenvalue weighted by molar-refractivity contribution is -0.143. The van der Waals surface area contributed by atoms with Crippen molar-refractivity contribution in [1.82, 2.24) is 5.32 Å². The fraction of sp³-hybridized carbons (Fsp3) is 0.192. The zero-order valence-corrected chi connectivity index (χ0v) is 17.5. The molecule has 3 rings (SSSR count). The van der Waals surface area contributed by atoms with E-state index in [1.807, 2.05) is 91.0 Å². The molecule has 0 aliphatic heterocycles. The average molecular weight is 431 g/mol. The fourth-order valence-electron chi connectivity index (χ4n) is 3.99. The molecule has 0 saturated carbocycles. The number of carbonyl (C=O) groups excluding carboxylic acids is 1. The second-order valence-corrected chi connectivity index (χ2v) is 7.57. The first-order chi connectivity index (χ1) is 15.4. The van der Waals surface area contributed by atoms with Crippen LogP contribution in [0.15, 0.2) is 91.0 Å². The smallest absolute Gasteiger partial charge is 0.326 e. The summed E-state index contributed by atoms with van der Waals surface area (Å²) >= 11 is 0. The van der Waals surface area contributed by atoms with Crippen LogP contribution in [0.25, 0.3) is 0 Å². The third-order valence-electron chi connectivity index (χ3n) is 5.51. The minimum Gasteiger partial charge on any atom is -0.481 e. The molecule has 3 N–H and O–H groups in total. The van der Waals surface area contributed by atoms with Crippen molar-refractivity contribution in [3.63, 3.8) is 0 Å². The van der Waals surface area contributed by atoms with Crippen molar-refractivity contribution < 1.29 is 24.6 Å². The maximum Gasteiger partial charge on any atom is 0.326 e. The number of carboxylic acids is 2. The van der Waals surface area contributed by atoms with E-state index in [-0.39, 0.29) is 19.3 Å². The molecule has 32 heavy (non-hydrogen) atoms. The molecular weight excluding hydrogens is 406 g/mol. The Bertz CT molecular complexity index is 955. The summed E-state index contributed by atoms with van der Waals surface area (Å²) in [6.45, 7) is 0. The van der Waals surface area contributed by atoms with Gasteiger partial charge in [0, 0.05) is 12.8 Å². The normalized spacial score (nSPS) is 12.0. The summed E-state index contributed by atoms with van der Waals surface area (Å²) in [6.07, 6.45) is -0.578. The van der Waals surface area contributed by atoms with Crippen LogP contribution in [-0.2, 0) is 19.8 Å². The number of nitrogens with one attached hydrogen (secondary N) is 1. The number of rotatable bonds is 10. The van der Waals surface area contributed by atoms with Gasteiger partial charge in [-0.05, 0) is 23.1 Å². The Labute approximate surface area is 186 Å². The Morgan fingerprint density at radius 3 is 1.47 bits per heavy atom. The second-order valence-electron chi connectivity index (χ2n) is 7.57. The summed E-state index contributed by atoms with van der Waals surface area (Å²) in [5.74, 6) is -2.85. The summed E-state index contributed by atoms with van der Waals surface area (Å²) in [6, 6.07) is 27.5. The van der Waals surface area contributed by atoms with Crippen LogP contribution in [0.2, 0.25) is 0 Å². The lowest BCUT2D eigenvalue weighted by atomic mass is 9.67. The molecule has 0 fully saturated rings. The highest BCUT2D eigenvalue weighted by Gasteiger charge is 2.39. The number of aliphatic carboxylic acids is 2. The molecular formula is C26H25NO5. The molecule has 3 aromatic rings. The van der Waals surface area contributed by atoms with Crippen molar-refractivity contribution in [1.29, 1.82) is 0 Å². The van der Waals surface area contributed by atoms with Gasteiger partial charge in [-0.2, -0.15) is 0 Å². The van der Waals surface area contributed by atoms with E-state index < -0.39 is 29.3 Å². The molecule has 0 heterocycles. The highest BCUT2D eigenvalue weighted by molar-refractivity contribution is 5.86. The van der Waals surface area contributed by atoms with Crippen molar-refractivity contribution in [3.8, 4) is 0 Å². The zero-order valence-electron chi connectivity index (χ0n) is 17.5. The first kappa shape index (κ1) is 22.7. The molecule has 3 aromatic carbocycles. The van der Waals surface area contributed by atoms with Crippen LogP contribution in [0.4, 0.5) is 0 Å². The van der Waals surface area contributed by atoms with E-state index in [0.717, 1.165) is 16.7 Å². The van der Waals surface area contributed by atoms with Gasteiger partial charge in [-0.25, -0.2) is 4.79 Å². The molecule has 1 amide bonds. The molecule has 164 valence electrons. The SMILES string of the molecule is O=C(O)CC[C@H](NC(=O)CC(c1ccccc1)(c1ccccc1)c1ccccc1)C(=O)O. The Morgan fingerprint density at radius 1 is 0.719 bits per heavy atom. The minimum absolute atomic E-state index is 0.0398. The Hall–Kier alpha value is -3.93. The van der Waals surface area contributed by atoms with Gasteiger partial charge in [0.1, 0.15) is 6.04 Å². The lowest BCUT2D eigenvalue weighted by Crippen LogP contribution is -2.44. The van der Waals surface area contributed by atoms with Gasteiger partial charge in [-0.1, -0.05) is 91.0 Å². The van der Waals surface area contributed by atoms with Crippen LogP contribution in [0.3, 0.4) is 0 Å². The van der Waals surface area contributed by atoms with Crippen molar-refractivity contribution in [2.75, 3.05) is 0 Å². The second kappa shape index (κ2) is 10.4. The Kier molecular flexibility index (Phi) is 7.39. The molecule has 0 bridgehead atoms. The number of amides is 1. The van der Waals surface area contributed by atoms with E-state index in [1.165, 1.54) is 0 Å². The number of benzene rings is 3. The minimum atomic E-state index is -1.28. The molecule has 0 aromatic heterocycles. The number of carboxylic acid groups (broad SMARTS) is 2. The number of hydrogen-bond donors (Lipinski definition) is 3. The standard InChI is InChI=1S/C26H25NO5/c28-23(27-22(25(31)32)16-17-24(29)30)18-26(19-10-4-1-5-11-19,20-12-6-2-7-13-20)21-14-8-3-9-15-21/h1-15,22H,16-18H2,(H,27,28)(H,29,30)(H,31,32)/t22-/m0/s1. The van der Waals surface area contributed by atoms with E-state index in [0.29, 0.717) is 0 Å². The first-order valence-electron chi connectivity index (χ1n) is 10.3. The molecule has 0 unspecified atom stereocenters. The van der Waals surface area contributed by atoms with Crippen molar-refractivity contribution in [2.45, 2.75) is 30.7 Å². The van der Waals surface area contributed by atoms with Crippen LogP contribution in [0.1, 0.15) is 36.0 Å². The maximum absolute atomic E-state index is 13.2. The highest BCUT2D eigenvalue weighted by Crippen LogP contribution is 2.42. The monoisotopic (exact) mass is 431 g/mol. The van der Waals surface area contributed by atoms with Gasteiger partial charge in [-0.3, -0.25) is 9.59 Å². The third kappa shape index (κ3) is 5.21. The van der Waals surface area contributed by atoms with Crippen LogP contribution in [0.5, 0.6) is 0 Å². The summed E-state index contributed by atoms with van der Waals surface area (Å²) in [4.78, 5) is 35.7. The summed E-state index contributed by atoms with van der Waals surface area (Å²) in [5.41, 5.74) is 1.82. The van der Waals surface area contributed by atoms with Crippen LogP contribution >= 0.6 is 0 Å². The summed E-state index contributed by atoms with van der Waals surface area (Å²) in [5, 5.41) is 20.9.